The number of hydrazine groups is 1. The normalized spacial score (nSPS) is 24.5. The van der Waals surface area contributed by atoms with E-state index < -0.39 is 18.4 Å². The second-order valence-electron chi connectivity index (χ2n) is 5.21. The van der Waals surface area contributed by atoms with E-state index in [2.05, 4.69) is 25.7 Å². The average Bonchev–Trinajstić information content (AvgIpc) is 2.91. The van der Waals surface area contributed by atoms with E-state index in [0.29, 0.717) is 10.4 Å². The first kappa shape index (κ1) is 12.8. The molecule has 1 fully saturated rings. The molecule has 0 aliphatic heterocycles. The van der Waals surface area contributed by atoms with Crippen LogP contribution in [0.3, 0.4) is 0 Å². The van der Waals surface area contributed by atoms with Gasteiger partial charge in [0, 0.05) is 0 Å². The van der Waals surface area contributed by atoms with Crippen LogP contribution >= 0.6 is 0 Å². The second-order valence-corrected chi connectivity index (χ2v) is 20.8. The zero-order valence-electron chi connectivity index (χ0n) is 9.89. The van der Waals surface area contributed by atoms with Gasteiger partial charge in [-0.2, -0.15) is 0 Å². The molecule has 2 N–H and O–H groups in total. The van der Waals surface area contributed by atoms with Crippen LogP contribution in [0.25, 0.3) is 0 Å². The first-order chi connectivity index (χ1) is 6.86. The molecule has 0 radical (unpaired) electrons. The topological polar surface area (TPSA) is 58.2 Å². The fourth-order valence-corrected chi connectivity index (χ4v) is 8.37. The Morgan fingerprint density at radius 3 is 2.27 bits per heavy atom. The Balaban J connectivity index is 2.30. The van der Waals surface area contributed by atoms with Gasteiger partial charge in [-0.25, -0.2) is 0 Å². The molecule has 2 atom stereocenters. The fourth-order valence-electron chi connectivity index (χ4n) is 1.75. The van der Waals surface area contributed by atoms with Crippen molar-refractivity contribution in [1.29, 1.82) is 0 Å². The summed E-state index contributed by atoms with van der Waals surface area (Å²) in [4.78, 5) is 29.5. The molecule has 0 bridgehead atoms. The molecule has 2 unspecified atom stereocenters. The van der Waals surface area contributed by atoms with Crippen LogP contribution in [0.5, 0.6) is 0 Å². The standard InChI is InChI=1S/C7H11N2O2.3CH3.Sn/c1-2-6(10)8-9-7(11)5-3-4-5;;;;/h3,5H,2,4H2,1H3,(H,8,10)(H,9,11);3*1H3;. The Morgan fingerprint density at radius 1 is 1.27 bits per heavy atom. The maximum atomic E-state index is 11.6. The van der Waals surface area contributed by atoms with Crippen molar-refractivity contribution in [3.05, 3.63) is 0 Å². The van der Waals surface area contributed by atoms with E-state index in [4.69, 9.17) is 0 Å². The number of rotatable bonds is 3. The van der Waals surface area contributed by atoms with Gasteiger partial charge in [-0.15, -0.1) is 0 Å². The van der Waals surface area contributed by atoms with E-state index in [-0.39, 0.29) is 17.7 Å². The van der Waals surface area contributed by atoms with Crippen LogP contribution in [0.1, 0.15) is 19.8 Å². The van der Waals surface area contributed by atoms with Gasteiger partial charge >= 0.3 is 95.1 Å². The zero-order valence-corrected chi connectivity index (χ0v) is 12.7. The van der Waals surface area contributed by atoms with Gasteiger partial charge in [0.25, 0.3) is 0 Å². The molecule has 0 aromatic carbocycles. The summed E-state index contributed by atoms with van der Waals surface area (Å²) in [5, 5.41) is 0. The van der Waals surface area contributed by atoms with Crippen LogP contribution in [0.2, 0.25) is 18.8 Å². The van der Waals surface area contributed by atoms with E-state index in [9.17, 15) is 9.59 Å². The van der Waals surface area contributed by atoms with Crippen LogP contribution < -0.4 is 10.9 Å². The minimum absolute atomic E-state index is 0.00609. The van der Waals surface area contributed by atoms with Crippen molar-refractivity contribution < 1.29 is 9.59 Å². The Kier molecular flexibility index (Phi) is 4.03. The van der Waals surface area contributed by atoms with Gasteiger partial charge in [0.2, 0.25) is 0 Å². The third-order valence-corrected chi connectivity index (χ3v) is 11.1. The van der Waals surface area contributed by atoms with E-state index >= 15 is 0 Å². The molecule has 0 saturated heterocycles. The molecule has 0 aromatic rings. The molecule has 0 spiro atoms. The molecule has 1 rings (SSSR count). The van der Waals surface area contributed by atoms with E-state index in [1.165, 1.54) is 0 Å². The average molecular weight is 319 g/mol. The molecule has 1 aliphatic rings. The summed E-state index contributed by atoms with van der Waals surface area (Å²) in [7, 11) is 0. The van der Waals surface area contributed by atoms with E-state index in [1.807, 2.05) is 0 Å². The number of amides is 2. The maximum absolute atomic E-state index is 11.6. The molecule has 1 saturated carbocycles. The first-order valence-electron chi connectivity index (χ1n) is 5.45. The van der Waals surface area contributed by atoms with Crippen molar-refractivity contribution in [2.75, 3.05) is 0 Å². The summed E-state index contributed by atoms with van der Waals surface area (Å²) in [6, 6.07) is 0. The zero-order chi connectivity index (χ0) is 11.6. The SMILES string of the molecule is CCC(=O)NNC(=O)C1C[CH]1[Sn]([CH3])([CH3])[CH3]. The predicted octanol–water partition coefficient (Wildman–Crippen LogP) is 1.27. The monoisotopic (exact) mass is 320 g/mol. The third kappa shape index (κ3) is 3.66. The molecular weight excluding hydrogens is 299 g/mol. The summed E-state index contributed by atoms with van der Waals surface area (Å²) in [5.74, 6) is 0.0196. The third-order valence-electron chi connectivity index (χ3n) is 2.89. The molecular formula is C10H20N2O2Sn. The van der Waals surface area contributed by atoms with Gasteiger partial charge in [-0.1, -0.05) is 0 Å². The number of hydrogen-bond donors (Lipinski definition) is 2. The summed E-state index contributed by atoms with van der Waals surface area (Å²) in [6.45, 7) is 1.76. The summed E-state index contributed by atoms with van der Waals surface area (Å²) in [5.41, 5.74) is 4.90. The molecule has 4 nitrogen and oxygen atoms in total. The van der Waals surface area contributed by atoms with Crippen LogP contribution in [0.4, 0.5) is 0 Å². The quantitative estimate of drug-likeness (QED) is 0.608. The van der Waals surface area contributed by atoms with E-state index in [0.717, 1.165) is 6.42 Å². The molecule has 5 heteroatoms. The van der Waals surface area contributed by atoms with Crippen molar-refractivity contribution >= 4 is 30.2 Å². The van der Waals surface area contributed by atoms with Crippen LogP contribution in [0, 0.1) is 5.92 Å². The van der Waals surface area contributed by atoms with Crippen LogP contribution in [0.15, 0.2) is 0 Å². The summed E-state index contributed by atoms with van der Waals surface area (Å²) >= 11 is -1.89. The summed E-state index contributed by atoms with van der Waals surface area (Å²) < 4.78 is 0.651. The fraction of sp³-hybridized carbons (Fsp3) is 0.800. The van der Waals surface area contributed by atoms with Crippen molar-refractivity contribution in [3.63, 3.8) is 0 Å². The van der Waals surface area contributed by atoms with Crippen molar-refractivity contribution in [2.24, 2.45) is 5.92 Å². The Hall–Kier alpha value is -0.261. The van der Waals surface area contributed by atoms with Gasteiger partial charge in [0.05, 0.1) is 0 Å². The van der Waals surface area contributed by atoms with E-state index in [1.54, 1.807) is 6.92 Å². The van der Waals surface area contributed by atoms with Crippen molar-refractivity contribution in [2.45, 2.75) is 38.5 Å². The molecule has 15 heavy (non-hydrogen) atoms. The molecule has 1 aliphatic carbocycles. The van der Waals surface area contributed by atoms with Gasteiger partial charge in [0.15, 0.2) is 0 Å². The van der Waals surface area contributed by atoms with Crippen molar-refractivity contribution in [3.8, 4) is 0 Å². The summed E-state index contributed by atoms with van der Waals surface area (Å²) in [6.07, 6.45) is 1.42. The minimum atomic E-state index is -1.89. The Bertz CT molecular complexity index is 273. The number of carbonyl (C=O) groups excluding carboxylic acids is 2. The van der Waals surface area contributed by atoms with Crippen LogP contribution in [-0.4, -0.2) is 30.2 Å². The molecule has 2 amide bonds. The Morgan fingerprint density at radius 2 is 1.87 bits per heavy atom. The van der Waals surface area contributed by atoms with Crippen molar-refractivity contribution in [1.82, 2.24) is 10.9 Å². The Labute approximate surface area is 95.0 Å². The number of carbonyl (C=O) groups is 2. The molecule has 0 aromatic heterocycles. The van der Waals surface area contributed by atoms with Crippen LogP contribution in [-0.2, 0) is 9.59 Å². The van der Waals surface area contributed by atoms with Gasteiger partial charge in [-0.05, 0) is 0 Å². The molecule has 0 heterocycles. The van der Waals surface area contributed by atoms with Gasteiger partial charge < -0.3 is 0 Å². The molecule has 86 valence electrons. The predicted molar refractivity (Wildman–Crippen MR) is 61.8 cm³/mol. The number of nitrogens with one attached hydrogen (secondary N) is 2. The van der Waals surface area contributed by atoms with Gasteiger partial charge in [-0.3, -0.25) is 0 Å². The van der Waals surface area contributed by atoms with Gasteiger partial charge in [0.1, 0.15) is 0 Å². The first-order valence-corrected chi connectivity index (χ1v) is 15.7. The second kappa shape index (κ2) is 4.72. The number of hydrogen-bond acceptors (Lipinski definition) is 2.